The van der Waals surface area contributed by atoms with Gasteiger partial charge in [0, 0.05) is 18.1 Å². The Morgan fingerprint density at radius 2 is 2.10 bits per heavy atom. The predicted octanol–water partition coefficient (Wildman–Crippen LogP) is 2.77. The quantitative estimate of drug-likeness (QED) is 0.913. The number of rotatable bonds is 2. The van der Waals surface area contributed by atoms with Gasteiger partial charge in [-0.15, -0.1) is 0 Å². The Kier molecular flexibility index (Phi) is 2.89. The number of hydrogen-bond acceptors (Lipinski definition) is 2. The Hall–Kier alpha value is -2.10. The van der Waals surface area contributed by atoms with Crippen LogP contribution in [0.5, 0.6) is 0 Å². The van der Waals surface area contributed by atoms with Crippen LogP contribution in [0.15, 0.2) is 23.1 Å². The summed E-state index contributed by atoms with van der Waals surface area (Å²) in [6, 6.07) is 4.02. The van der Waals surface area contributed by atoms with E-state index in [-0.39, 0.29) is 11.0 Å². The molecule has 1 aromatic carbocycles. The molecule has 0 saturated carbocycles. The van der Waals surface area contributed by atoms with Crippen LogP contribution in [-0.4, -0.2) is 15.6 Å². The Balaban J connectivity index is 2.46. The molecule has 1 aliphatic heterocycles. The summed E-state index contributed by atoms with van der Waals surface area (Å²) in [6.45, 7) is 4.93. The van der Waals surface area contributed by atoms with E-state index >= 15 is 0 Å². The summed E-state index contributed by atoms with van der Waals surface area (Å²) in [5.74, 6) is -0.832. The molecule has 4 nitrogen and oxygen atoms in total. The molecule has 0 aliphatic carbocycles. The molecule has 2 aromatic rings. The lowest BCUT2D eigenvalue weighted by atomic mass is 9.93. The van der Waals surface area contributed by atoms with Gasteiger partial charge in [0.05, 0.1) is 5.52 Å². The van der Waals surface area contributed by atoms with Gasteiger partial charge in [-0.2, -0.15) is 0 Å². The summed E-state index contributed by atoms with van der Waals surface area (Å²) in [6.07, 6.45) is 3.42. The van der Waals surface area contributed by atoms with Gasteiger partial charge in [0.25, 0.3) is 0 Å². The van der Waals surface area contributed by atoms with E-state index < -0.39 is 5.97 Å². The van der Waals surface area contributed by atoms with Crippen LogP contribution in [0.25, 0.3) is 10.9 Å². The molecular formula is C16H17NO3. The molecule has 0 spiro atoms. The maximum absolute atomic E-state index is 12.4. The molecule has 2 heterocycles. The number of hydrogen-bond donors (Lipinski definition) is 1. The van der Waals surface area contributed by atoms with Crippen molar-refractivity contribution in [2.24, 2.45) is 0 Å². The molecule has 0 radical (unpaired) electrons. The minimum Gasteiger partial charge on any atom is -0.477 e. The average Bonchev–Trinajstić information content (AvgIpc) is 2.41. The number of carboxylic acid groups (broad SMARTS) is 1. The smallest absolute Gasteiger partial charge is 0.341 e. The van der Waals surface area contributed by atoms with Crippen molar-refractivity contribution in [3.05, 3.63) is 45.2 Å². The first-order valence-corrected chi connectivity index (χ1v) is 6.92. The van der Waals surface area contributed by atoms with Gasteiger partial charge >= 0.3 is 5.97 Å². The van der Waals surface area contributed by atoms with Crippen molar-refractivity contribution in [3.8, 4) is 0 Å². The van der Waals surface area contributed by atoms with Crippen LogP contribution in [0.3, 0.4) is 0 Å². The number of aromatic carboxylic acids is 1. The number of carbonyl (C=O) groups is 1. The van der Waals surface area contributed by atoms with E-state index in [1.807, 2.05) is 10.6 Å². The first kappa shape index (κ1) is 12.9. The summed E-state index contributed by atoms with van der Waals surface area (Å²) >= 11 is 0. The summed E-state index contributed by atoms with van der Waals surface area (Å²) in [7, 11) is 0. The number of benzene rings is 1. The van der Waals surface area contributed by atoms with Crippen molar-refractivity contribution in [1.29, 1.82) is 0 Å². The zero-order valence-electron chi connectivity index (χ0n) is 11.6. The van der Waals surface area contributed by atoms with Crippen LogP contribution in [-0.2, 0) is 13.0 Å². The van der Waals surface area contributed by atoms with Gasteiger partial charge in [0.15, 0.2) is 0 Å². The van der Waals surface area contributed by atoms with E-state index in [1.165, 1.54) is 6.20 Å². The van der Waals surface area contributed by atoms with Crippen LogP contribution in [0.1, 0.15) is 47.7 Å². The van der Waals surface area contributed by atoms with Gasteiger partial charge in [0.2, 0.25) is 5.43 Å². The second-order valence-corrected chi connectivity index (χ2v) is 5.70. The van der Waals surface area contributed by atoms with Crippen LogP contribution in [0, 0.1) is 0 Å². The molecule has 0 bridgehead atoms. The molecule has 0 saturated heterocycles. The van der Waals surface area contributed by atoms with Gasteiger partial charge < -0.3 is 9.67 Å². The third kappa shape index (κ3) is 1.83. The number of carboxylic acids is 1. The third-order valence-electron chi connectivity index (χ3n) is 4.01. The highest BCUT2D eigenvalue weighted by Gasteiger charge is 2.20. The van der Waals surface area contributed by atoms with E-state index in [0.717, 1.165) is 36.0 Å². The minimum atomic E-state index is -1.15. The monoisotopic (exact) mass is 271 g/mol. The fourth-order valence-electron chi connectivity index (χ4n) is 2.95. The van der Waals surface area contributed by atoms with E-state index in [1.54, 1.807) is 0 Å². The Labute approximate surface area is 116 Å². The second-order valence-electron chi connectivity index (χ2n) is 5.70. The van der Waals surface area contributed by atoms with Crippen molar-refractivity contribution in [3.63, 3.8) is 0 Å². The normalized spacial score (nSPS) is 13.9. The Bertz CT molecular complexity index is 771. The van der Waals surface area contributed by atoms with Crippen molar-refractivity contribution in [2.45, 2.75) is 39.2 Å². The summed E-state index contributed by atoms with van der Waals surface area (Å²) in [5, 5.41) is 9.74. The first-order chi connectivity index (χ1) is 9.49. The maximum atomic E-state index is 12.4. The van der Waals surface area contributed by atoms with Gasteiger partial charge in [-0.25, -0.2) is 4.79 Å². The van der Waals surface area contributed by atoms with Crippen LogP contribution in [0.2, 0.25) is 0 Å². The topological polar surface area (TPSA) is 59.3 Å². The molecule has 0 amide bonds. The van der Waals surface area contributed by atoms with Crippen molar-refractivity contribution in [2.75, 3.05) is 0 Å². The lowest BCUT2D eigenvalue weighted by Crippen LogP contribution is -2.22. The molecule has 0 atom stereocenters. The van der Waals surface area contributed by atoms with Gasteiger partial charge in [-0.3, -0.25) is 4.79 Å². The molecule has 3 rings (SSSR count). The number of aryl methyl sites for hydroxylation is 2. The highest BCUT2D eigenvalue weighted by Crippen LogP contribution is 2.28. The van der Waals surface area contributed by atoms with E-state index in [0.29, 0.717) is 11.3 Å². The molecule has 1 aromatic heterocycles. The standard InChI is InChI=1S/C16H17NO3/c1-9(2)11-6-10-4-3-5-17-8-13(16(19)20)15(18)12(7-11)14(10)17/h6-9H,3-5H2,1-2H3,(H,19,20). The number of pyridine rings is 1. The second kappa shape index (κ2) is 4.47. The molecule has 1 aliphatic rings. The van der Waals surface area contributed by atoms with Crippen molar-refractivity contribution < 1.29 is 9.90 Å². The minimum absolute atomic E-state index is 0.133. The number of nitrogens with zero attached hydrogens (tertiary/aromatic N) is 1. The van der Waals surface area contributed by atoms with Crippen LogP contribution < -0.4 is 5.43 Å². The zero-order chi connectivity index (χ0) is 14.4. The van der Waals surface area contributed by atoms with Crippen molar-refractivity contribution >= 4 is 16.9 Å². The molecule has 4 heteroatoms. The number of aromatic nitrogens is 1. The van der Waals surface area contributed by atoms with Gasteiger partial charge in [-0.1, -0.05) is 19.9 Å². The maximum Gasteiger partial charge on any atom is 0.341 e. The highest BCUT2D eigenvalue weighted by atomic mass is 16.4. The fourth-order valence-corrected chi connectivity index (χ4v) is 2.95. The molecular weight excluding hydrogens is 254 g/mol. The third-order valence-corrected chi connectivity index (χ3v) is 4.01. The molecule has 0 unspecified atom stereocenters. The van der Waals surface area contributed by atoms with E-state index in [9.17, 15) is 14.7 Å². The van der Waals surface area contributed by atoms with Crippen molar-refractivity contribution in [1.82, 2.24) is 4.57 Å². The zero-order valence-corrected chi connectivity index (χ0v) is 11.6. The lowest BCUT2D eigenvalue weighted by molar-refractivity contribution is 0.0695. The van der Waals surface area contributed by atoms with Crippen LogP contribution in [0.4, 0.5) is 0 Å². The SMILES string of the molecule is CC(C)c1cc2c3c(c1)c(=O)c(C(=O)O)cn3CCC2. The highest BCUT2D eigenvalue weighted by molar-refractivity contribution is 5.93. The lowest BCUT2D eigenvalue weighted by Gasteiger charge is -2.22. The molecule has 1 N–H and O–H groups in total. The molecule has 0 fully saturated rings. The summed E-state index contributed by atoms with van der Waals surface area (Å²) < 4.78 is 1.92. The predicted molar refractivity (Wildman–Crippen MR) is 77.6 cm³/mol. The summed E-state index contributed by atoms with van der Waals surface area (Å²) in [4.78, 5) is 23.6. The van der Waals surface area contributed by atoms with E-state index in [4.69, 9.17) is 0 Å². The molecule has 104 valence electrons. The largest absolute Gasteiger partial charge is 0.477 e. The molecule has 20 heavy (non-hydrogen) atoms. The Morgan fingerprint density at radius 3 is 2.75 bits per heavy atom. The van der Waals surface area contributed by atoms with Gasteiger partial charge in [-0.05, 0) is 36.0 Å². The van der Waals surface area contributed by atoms with Crippen LogP contribution >= 0.6 is 0 Å². The summed E-state index contributed by atoms with van der Waals surface area (Å²) in [5.41, 5.74) is 2.67. The van der Waals surface area contributed by atoms with E-state index in [2.05, 4.69) is 19.9 Å². The fraction of sp³-hybridized carbons (Fsp3) is 0.375. The average molecular weight is 271 g/mol. The van der Waals surface area contributed by atoms with Gasteiger partial charge in [0.1, 0.15) is 5.56 Å². The Morgan fingerprint density at radius 1 is 1.35 bits per heavy atom. The first-order valence-electron chi connectivity index (χ1n) is 6.92.